The lowest BCUT2D eigenvalue weighted by molar-refractivity contribution is -0.191. The smallest absolute Gasteiger partial charge is 0.340 e. The van der Waals surface area contributed by atoms with Crippen LogP contribution in [-0.4, -0.2) is 96.1 Å². The van der Waals surface area contributed by atoms with Gasteiger partial charge in [-0.3, -0.25) is 0 Å². The number of carboxylic acid groups (broad SMARTS) is 2. The van der Waals surface area contributed by atoms with Crippen LogP contribution in [-0.2, 0) is 4.74 Å². The first-order valence-corrected chi connectivity index (χ1v) is 7.33. The Balaban J connectivity index is 2.97. The van der Waals surface area contributed by atoms with Crippen LogP contribution in [0.4, 0.5) is 0 Å². The van der Waals surface area contributed by atoms with Gasteiger partial charge in [0.15, 0.2) is 0 Å². The zero-order chi connectivity index (χ0) is 20.9. The van der Waals surface area contributed by atoms with Crippen molar-refractivity contribution in [3.05, 3.63) is 34.9 Å². The van der Waals surface area contributed by atoms with Crippen LogP contribution in [0, 0.1) is 0 Å². The van der Waals surface area contributed by atoms with Gasteiger partial charge < -0.3 is 45.6 Å². The quantitative estimate of drug-likeness (QED) is 0.156. The van der Waals surface area contributed by atoms with Gasteiger partial charge in [-0.1, -0.05) is 0 Å². The molecule has 5 atom stereocenters. The average Bonchev–Trinajstić information content (AvgIpc) is 2.64. The number of aromatic carboxylic acids is 2. The van der Waals surface area contributed by atoms with Crippen LogP contribution in [0.1, 0.15) is 31.1 Å². The summed E-state index contributed by atoms with van der Waals surface area (Å²) in [6.07, 6.45) is -10.9. The lowest BCUT2D eigenvalue weighted by atomic mass is 10.0. The number of hydrogen-bond acceptors (Lipinski definition) is 10. The van der Waals surface area contributed by atoms with Crippen molar-refractivity contribution in [2.24, 2.45) is 0 Å². The molecule has 12 nitrogen and oxygen atoms in total. The summed E-state index contributed by atoms with van der Waals surface area (Å²) in [5, 5.41) is 74.1. The first kappa shape index (κ1) is 22.4. The van der Waals surface area contributed by atoms with Crippen molar-refractivity contribution in [1.29, 1.82) is 0 Å². The van der Waals surface area contributed by atoms with Crippen molar-refractivity contribution in [3.63, 3.8) is 0 Å². The Morgan fingerprint density at radius 1 is 0.778 bits per heavy atom. The summed E-state index contributed by atoms with van der Waals surface area (Å²) in [7, 11) is 0. The molecule has 0 heterocycles. The monoisotopic (exact) mass is 390 g/mol. The summed E-state index contributed by atoms with van der Waals surface area (Å²) in [4.78, 5) is 34.0. The molecular formula is C15H18O12. The Hall–Kier alpha value is -2.61. The second kappa shape index (κ2) is 9.36. The van der Waals surface area contributed by atoms with Crippen LogP contribution in [0.3, 0.4) is 0 Å². The maximum Gasteiger partial charge on any atom is 0.340 e. The van der Waals surface area contributed by atoms with E-state index in [1.807, 2.05) is 0 Å². The molecular weight excluding hydrogens is 372 g/mol. The van der Waals surface area contributed by atoms with E-state index in [0.717, 1.165) is 18.2 Å². The fourth-order valence-corrected chi connectivity index (χ4v) is 1.95. The zero-order valence-electron chi connectivity index (χ0n) is 13.5. The Kier molecular flexibility index (Phi) is 7.78. The third-order valence-electron chi connectivity index (χ3n) is 3.46. The molecule has 0 saturated heterocycles. The summed E-state index contributed by atoms with van der Waals surface area (Å²) < 4.78 is 4.42. The molecule has 0 saturated carbocycles. The van der Waals surface area contributed by atoms with Crippen molar-refractivity contribution < 1.29 is 60.0 Å². The number of hydrogen-bond donors (Lipinski definition) is 8. The zero-order valence-corrected chi connectivity index (χ0v) is 13.5. The number of esters is 1. The van der Waals surface area contributed by atoms with Crippen LogP contribution in [0.5, 0.6) is 0 Å². The van der Waals surface area contributed by atoms with Gasteiger partial charge in [-0.25, -0.2) is 14.4 Å². The molecule has 1 unspecified atom stereocenters. The minimum absolute atomic E-state index is 0.557. The summed E-state index contributed by atoms with van der Waals surface area (Å²) >= 11 is 0. The summed E-state index contributed by atoms with van der Waals surface area (Å²) in [6, 6.07) is 2.30. The lowest BCUT2D eigenvalue weighted by Crippen LogP contribution is -2.50. The van der Waals surface area contributed by atoms with Crippen LogP contribution < -0.4 is 0 Å². The number of rotatable bonds is 9. The molecule has 27 heavy (non-hydrogen) atoms. The molecule has 0 radical (unpaired) electrons. The lowest BCUT2D eigenvalue weighted by Gasteiger charge is -2.28. The predicted octanol–water partition coefficient (Wildman–Crippen LogP) is -3.01. The number of ether oxygens (including phenoxy) is 1. The van der Waals surface area contributed by atoms with Crippen molar-refractivity contribution in [1.82, 2.24) is 0 Å². The van der Waals surface area contributed by atoms with Crippen LogP contribution in [0.15, 0.2) is 18.2 Å². The van der Waals surface area contributed by atoms with E-state index in [4.69, 9.17) is 15.3 Å². The fraction of sp³-hybridized carbons (Fsp3) is 0.400. The van der Waals surface area contributed by atoms with Crippen molar-refractivity contribution >= 4 is 17.9 Å². The molecule has 0 fully saturated rings. The summed E-state index contributed by atoms with van der Waals surface area (Å²) in [6.45, 7) is -0.971. The number of carboxylic acids is 2. The minimum Gasteiger partial charge on any atom is -0.478 e. The largest absolute Gasteiger partial charge is 0.478 e. The molecule has 0 aliphatic carbocycles. The highest BCUT2D eigenvalue weighted by molar-refractivity contribution is 5.99. The SMILES string of the molecule is O=C(O)c1cc(C(=O)O)cc(C(=O)OC(O)[C@H](O)[C@@H](O)[C@H](O)[C@H](O)CO)c1. The Labute approximate surface area is 151 Å². The van der Waals surface area contributed by atoms with E-state index in [-0.39, 0.29) is 0 Å². The average molecular weight is 390 g/mol. The molecule has 0 bridgehead atoms. The van der Waals surface area contributed by atoms with Gasteiger partial charge in [0.2, 0.25) is 6.29 Å². The number of carbonyl (C=O) groups is 3. The highest BCUT2D eigenvalue weighted by Gasteiger charge is 2.36. The maximum atomic E-state index is 12.0. The van der Waals surface area contributed by atoms with E-state index >= 15 is 0 Å². The molecule has 0 amide bonds. The molecule has 8 N–H and O–H groups in total. The van der Waals surface area contributed by atoms with E-state index in [0.29, 0.717) is 0 Å². The molecule has 0 aromatic heterocycles. The van der Waals surface area contributed by atoms with E-state index in [2.05, 4.69) is 4.74 Å². The highest BCUT2D eigenvalue weighted by Crippen LogP contribution is 2.15. The van der Waals surface area contributed by atoms with Gasteiger partial charge in [-0.15, -0.1) is 0 Å². The molecule has 150 valence electrons. The topological polar surface area (TPSA) is 222 Å². The second-order valence-electron chi connectivity index (χ2n) is 5.43. The molecule has 0 spiro atoms. The molecule has 12 heteroatoms. The van der Waals surface area contributed by atoms with Crippen molar-refractivity contribution in [2.45, 2.75) is 30.7 Å². The van der Waals surface area contributed by atoms with Gasteiger partial charge in [-0.2, -0.15) is 0 Å². The first-order valence-electron chi connectivity index (χ1n) is 7.33. The number of aliphatic hydroxyl groups is 6. The maximum absolute atomic E-state index is 12.0. The molecule has 1 aromatic rings. The van der Waals surface area contributed by atoms with Crippen LogP contribution in [0.25, 0.3) is 0 Å². The number of aliphatic hydroxyl groups excluding tert-OH is 6. The Morgan fingerprint density at radius 2 is 1.22 bits per heavy atom. The standard InChI is InChI=1S/C15H18O12/c16-4-8(17)9(18)10(19)11(20)15(26)27-14(25)7-2-5(12(21)22)1-6(3-7)13(23)24/h1-3,8-11,15-20,26H,4H2,(H,21,22)(H,23,24)/t8-,9-,10+,11-,15?/m1/s1. The highest BCUT2D eigenvalue weighted by atomic mass is 16.6. The van der Waals surface area contributed by atoms with Gasteiger partial charge in [0, 0.05) is 0 Å². The fourth-order valence-electron chi connectivity index (χ4n) is 1.95. The Bertz CT molecular complexity index is 670. The normalized spacial score (nSPS) is 16.7. The van der Waals surface area contributed by atoms with E-state index in [1.165, 1.54) is 0 Å². The molecule has 0 aliphatic rings. The number of benzene rings is 1. The van der Waals surface area contributed by atoms with E-state index < -0.39 is 71.9 Å². The summed E-state index contributed by atoms with van der Waals surface area (Å²) in [5.41, 5.74) is -1.69. The first-order chi connectivity index (χ1) is 12.5. The summed E-state index contributed by atoms with van der Waals surface area (Å²) in [5.74, 6) is -4.51. The van der Waals surface area contributed by atoms with E-state index in [9.17, 15) is 39.9 Å². The second-order valence-corrected chi connectivity index (χ2v) is 5.43. The number of carbonyl (C=O) groups excluding carboxylic acids is 1. The van der Waals surface area contributed by atoms with Crippen LogP contribution >= 0.6 is 0 Å². The third-order valence-corrected chi connectivity index (χ3v) is 3.46. The third kappa shape index (κ3) is 5.68. The van der Waals surface area contributed by atoms with Crippen molar-refractivity contribution in [3.8, 4) is 0 Å². The van der Waals surface area contributed by atoms with Gasteiger partial charge in [0.1, 0.15) is 24.4 Å². The van der Waals surface area contributed by atoms with Crippen LogP contribution in [0.2, 0.25) is 0 Å². The minimum atomic E-state index is -2.44. The van der Waals surface area contributed by atoms with Gasteiger partial charge in [-0.05, 0) is 18.2 Å². The van der Waals surface area contributed by atoms with Crippen molar-refractivity contribution in [2.75, 3.05) is 6.61 Å². The predicted molar refractivity (Wildman–Crippen MR) is 82.9 cm³/mol. The Morgan fingerprint density at radius 3 is 1.63 bits per heavy atom. The molecule has 1 rings (SSSR count). The van der Waals surface area contributed by atoms with E-state index in [1.54, 1.807) is 0 Å². The van der Waals surface area contributed by atoms with Gasteiger partial charge >= 0.3 is 17.9 Å². The van der Waals surface area contributed by atoms with Gasteiger partial charge in [0.05, 0.1) is 23.3 Å². The van der Waals surface area contributed by atoms with Gasteiger partial charge in [0.25, 0.3) is 0 Å². The molecule has 1 aromatic carbocycles. The molecule has 0 aliphatic heterocycles.